The number of fused-ring (bicyclic) bond motifs is 10. The molecule has 1 atom stereocenters. The summed E-state index contributed by atoms with van der Waals surface area (Å²) in [6.45, 7) is 0. The van der Waals surface area contributed by atoms with E-state index < -0.39 is 0 Å². The molecule has 35 heavy (non-hydrogen) atoms. The molecule has 164 valence electrons. The van der Waals surface area contributed by atoms with E-state index in [0.29, 0.717) is 11.4 Å². The van der Waals surface area contributed by atoms with Crippen molar-refractivity contribution in [2.45, 2.75) is 12.3 Å². The zero-order valence-corrected chi connectivity index (χ0v) is 18.5. The summed E-state index contributed by atoms with van der Waals surface area (Å²) in [5.41, 5.74) is 9.94. The first kappa shape index (κ1) is 18.7. The minimum Gasteiger partial charge on any atom is -0.293 e. The Labute approximate surface area is 200 Å². The van der Waals surface area contributed by atoms with Gasteiger partial charge in [0.05, 0.1) is 33.9 Å². The molecule has 1 aliphatic carbocycles. The van der Waals surface area contributed by atoms with Gasteiger partial charge in [-0.05, 0) is 47.4 Å². The number of hydrogen-bond donors (Lipinski definition) is 0. The molecule has 0 amide bonds. The summed E-state index contributed by atoms with van der Waals surface area (Å²) >= 11 is 0. The van der Waals surface area contributed by atoms with Crippen molar-refractivity contribution < 1.29 is 9.59 Å². The van der Waals surface area contributed by atoms with Gasteiger partial charge in [0.2, 0.25) is 0 Å². The van der Waals surface area contributed by atoms with E-state index in [-0.39, 0.29) is 17.6 Å². The van der Waals surface area contributed by atoms with Crippen LogP contribution in [0.25, 0.3) is 22.4 Å². The Balaban J connectivity index is 1.15. The smallest absolute Gasteiger partial charge is 0.264 e. The van der Waals surface area contributed by atoms with Crippen LogP contribution in [0.5, 0.6) is 0 Å². The lowest BCUT2D eigenvalue weighted by atomic mass is 9.93. The van der Waals surface area contributed by atoms with E-state index in [1.165, 1.54) is 0 Å². The summed E-state index contributed by atoms with van der Waals surface area (Å²) in [7, 11) is 0. The Morgan fingerprint density at radius 3 is 2.31 bits per heavy atom. The molecule has 4 aromatic carbocycles. The van der Waals surface area contributed by atoms with Gasteiger partial charge in [0.25, 0.3) is 5.91 Å². The first-order chi connectivity index (χ1) is 17.2. The number of carbonyl (C=O) groups excluding carboxylic acids is 2. The van der Waals surface area contributed by atoms with E-state index in [1.54, 1.807) is 4.57 Å². The summed E-state index contributed by atoms with van der Waals surface area (Å²) in [6.07, 6.45) is 0.718. The molecule has 0 radical (unpaired) electrons. The average Bonchev–Trinajstić information content (AvgIpc) is 3.59. The van der Waals surface area contributed by atoms with Gasteiger partial charge in [-0.15, -0.1) is 0 Å². The van der Waals surface area contributed by atoms with Crippen molar-refractivity contribution in [2.75, 3.05) is 0 Å². The van der Waals surface area contributed by atoms with E-state index in [2.05, 4.69) is 30.3 Å². The monoisotopic (exact) mass is 451 g/mol. The fourth-order valence-corrected chi connectivity index (χ4v) is 5.78. The van der Waals surface area contributed by atoms with Crippen molar-refractivity contribution in [3.63, 3.8) is 0 Å². The molecular weight excluding hydrogens is 434 g/mol. The number of rotatable bonds is 2. The van der Waals surface area contributed by atoms with Crippen LogP contribution >= 0.6 is 0 Å². The van der Waals surface area contributed by atoms with Crippen LogP contribution in [0.2, 0.25) is 0 Å². The Morgan fingerprint density at radius 1 is 0.743 bits per heavy atom. The summed E-state index contributed by atoms with van der Waals surface area (Å²) < 4.78 is 1.71. The standard InChI is InChI=1S/C30H17N3O2/c34-28-19-6-2-1-5-18(19)27-26(28)22-11-9-16(14-23(22)31-27)13-17-10-12-25-24(15-17)32-29-20-7-3-4-8-21(20)30(35)33(25)29/h1-12,14-15,26H,13H2. The average molecular weight is 451 g/mol. The largest absolute Gasteiger partial charge is 0.293 e. The van der Waals surface area contributed by atoms with Crippen molar-refractivity contribution in [1.82, 2.24) is 9.55 Å². The molecule has 3 aliphatic rings. The van der Waals surface area contributed by atoms with Gasteiger partial charge >= 0.3 is 0 Å². The zero-order chi connectivity index (χ0) is 23.3. The molecule has 1 unspecified atom stereocenters. The van der Waals surface area contributed by atoms with E-state index >= 15 is 0 Å². The lowest BCUT2D eigenvalue weighted by molar-refractivity contribution is 0.0970. The van der Waals surface area contributed by atoms with Gasteiger partial charge < -0.3 is 0 Å². The van der Waals surface area contributed by atoms with E-state index in [0.717, 1.165) is 62.2 Å². The normalized spacial score (nSPS) is 16.7. The molecule has 3 heterocycles. The van der Waals surface area contributed by atoms with E-state index in [1.807, 2.05) is 54.6 Å². The molecule has 0 fully saturated rings. The Morgan fingerprint density at radius 2 is 1.46 bits per heavy atom. The van der Waals surface area contributed by atoms with Crippen LogP contribution in [0.1, 0.15) is 48.9 Å². The number of benzene rings is 4. The number of ketones is 1. The molecule has 0 bridgehead atoms. The van der Waals surface area contributed by atoms with Crippen LogP contribution in [-0.2, 0) is 6.42 Å². The summed E-state index contributed by atoms with van der Waals surface area (Å²) in [5, 5.41) is 0. The maximum atomic E-state index is 13.0. The van der Waals surface area contributed by atoms with Crippen molar-refractivity contribution in [3.8, 4) is 11.4 Å². The van der Waals surface area contributed by atoms with Crippen LogP contribution < -0.4 is 0 Å². The van der Waals surface area contributed by atoms with Crippen molar-refractivity contribution in [2.24, 2.45) is 4.99 Å². The molecule has 5 heteroatoms. The molecule has 1 aromatic heterocycles. The van der Waals surface area contributed by atoms with Crippen LogP contribution in [0.15, 0.2) is 89.9 Å². The number of imidazole rings is 1. The first-order valence-electron chi connectivity index (χ1n) is 11.7. The molecule has 0 saturated carbocycles. The molecule has 2 aliphatic heterocycles. The minimum absolute atomic E-state index is 0.0229. The Bertz CT molecular complexity index is 1830. The Kier molecular flexibility index (Phi) is 3.47. The highest BCUT2D eigenvalue weighted by Gasteiger charge is 2.41. The highest BCUT2D eigenvalue weighted by Crippen LogP contribution is 2.45. The van der Waals surface area contributed by atoms with Crippen LogP contribution in [0.4, 0.5) is 5.69 Å². The summed E-state index contributed by atoms with van der Waals surface area (Å²) in [5.74, 6) is 0.550. The quantitative estimate of drug-likeness (QED) is 0.339. The van der Waals surface area contributed by atoms with Gasteiger partial charge in [0.1, 0.15) is 5.82 Å². The van der Waals surface area contributed by atoms with Gasteiger partial charge in [-0.2, -0.15) is 0 Å². The van der Waals surface area contributed by atoms with Crippen molar-refractivity contribution in [3.05, 3.63) is 118 Å². The molecule has 5 aromatic rings. The third-order valence-corrected chi connectivity index (χ3v) is 7.38. The predicted molar refractivity (Wildman–Crippen MR) is 134 cm³/mol. The molecular formula is C30H17N3O2. The topological polar surface area (TPSA) is 64.3 Å². The SMILES string of the molecule is O=C1c2ccccc2C2=Nc3cc(Cc4ccc5c(c4)nc4n5C(=O)c5ccccc5-4)ccc3C12. The predicted octanol–water partition coefficient (Wildman–Crippen LogP) is 5.71. The number of nitrogens with zero attached hydrogens (tertiary/aromatic N) is 3. The highest BCUT2D eigenvalue weighted by molar-refractivity contribution is 6.33. The summed E-state index contributed by atoms with van der Waals surface area (Å²) in [6, 6.07) is 27.7. The van der Waals surface area contributed by atoms with E-state index in [9.17, 15) is 9.59 Å². The molecule has 5 nitrogen and oxygen atoms in total. The van der Waals surface area contributed by atoms with Gasteiger partial charge in [0.15, 0.2) is 5.78 Å². The maximum Gasteiger partial charge on any atom is 0.264 e. The number of hydrogen-bond acceptors (Lipinski definition) is 4. The van der Waals surface area contributed by atoms with Crippen LogP contribution in [-0.4, -0.2) is 27.0 Å². The fourth-order valence-electron chi connectivity index (χ4n) is 5.78. The molecule has 0 spiro atoms. The number of aromatic nitrogens is 2. The van der Waals surface area contributed by atoms with Crippen LogP contribution in [0.3, 0.4) is 0 Å². The Hall–Kier alpha value is -4.64. The number of carbonyl (C=O) groups is 2. The van der Waals surface area contributed by atoms with Crippen LogP contribution in [0, 0.1) is 0 Å². The fraction of sp³-hybridized carbons (Fsp3) is 0.0667. The van der Waals surface area contributed by atoms with Crippen molar-refractivity contribution >= 4 is 34.1 Å². The lowest BCUT2D eigenvalue weighted by Gasteiger charge is -2.08. The lowest BCUT2D eigenvalue weighted by Crippen LogP contribution is -2.09. The number of Topliss-reactive ketones (excluding diaryl/α,β-unsaturated/α-hetero) is 1. The number of aliphatic imine (C=N–C) groups is 1. The van der Waals surface area contributed by atoms with E-state index in [4.69, 9.17) is 9.98 Å². The first-order valence-corrected chi connectivity index (χ1v) is 11.7. The third-order valence-electron chi connectivity index (χ3n) is 7.38. The minimum atomic E-state index is -0.277. The highest BCUT2D eigenvalue weighted by atomic mass is 16.2. The second-order valence-electron chi connectivity index (χ2n) is 9.35. The molecule has 0 saturated heterocycles. The molecule has 0 N–H and O–H groups in total. The van der Waals surface area contributed by atoms with Gasteiger partial charge in [-0.25, -0.2) is 4.98 Å². The zero-order valence-electron chi connectivity index (χ0n) is 18.5. The second-order valence-corrected chi connectivity index (χ2v) is 9.35. The maximum absolute atomic E-state index is 13.0. The van der Waals surface area contributed by atoms with Gasteiger partial charge in [0, 0.05) is 16.7 Å². The second kappa shape index (κ2) is 6.48. The third kappa shape index (κ3) is 2.42. The van der Waals surface area contributed by atoms with Crippen molar-refractivity contribution in [1.29, 1.82) is 0 Å². The van der Waals surface area contributed by atoms with Gasteiger partial charge in [-0.1, -0.05) is 60.7 Å². The summed E-state index contributed by atoms with van der Waals surface area (Å²) in [4.78, 5) is 35.6. The van der Waals surface area contributed by atoms with Gasteiger partial charge in [-0.3, -0.25) is 19.1 Å². The molecule has 8 rings (SSSR count).